The van der Waals surface area contributed by atoms with E-state index >= 15 is 0 Å². The molecule has 2 heterocycles. The lowest BCUT2D eigenvalue weighted by molar-refractivity contribution is 0.413. The van der Waals surface area contributed by atoms with Crippen LogP contribution in [0.1, 0.15) is 20.8 Å². The van der Waals surface area contributed by atoms with Gasteiger partial charge in [-0.1, -0.05) is 41.9 Å². The van der Waals surface area contributed by atoms with Crippen molar-refractivity contribution in [2.45, 2.75) is 26.3 Å². The standard InChI is InChI=1S/C16H16ClN3/c1-16(2,3)20-12-9-10-13(17)18-14(12)19-15(20)11-7-5-4-6-8-11/h4-10H,1-3H3. The highest BCUT2D eigenvalue weighted by Crippen LogP contribution is 2.30. The quantitative estimate of drug-likeness (QED) is 0.616. The maximum Gasteiger partial charge on any atom is 0.179 e. The van der Waals surface area contributed by atoms with E-state index < -0.39 is 0 Å². The van der Waals surface area contributed by atoms with Crippen molar-refractivity contribution in [1.82, 2.24) is 14.5 Å². The fourth-order valence-corrected chi connectivity index (χ4v) is 2.54. The zero-order valence-corrected chi connectivity index (χ0v) is 12.5. The van der Waals surface area contributed by atoms with Crippen LogP contribution in [0.4, 0.5) is 0 Å². The molecular formula is C16H16ClN3. The van der Waals surface area contributed by atoms with Gasteiger partial charge in [0.15, 0.2) is 5.65 Å². The van der Waals surface area contributed by atoms with Gasteiger partial charge in [-0.15, -0.1) is 0 Å². The van der Waals surface area contributed by atoms with E-state index in [-0.39, 0.29) is 5.54 Å². The van der Waals surface area contributed by atoms with E-state index in [1.165, 1.54) is 0 Å². The first-order valence-corrected chi connectivity index (χ1v) is 6.95. The van der Waals surface area contributed by atoms with Crippen LogP contribution in [-0.4, -0.2) is 14.5 Å². The van der Waals surface area contributed by atoms with Crippen molar-refractivity contribution in [1.29, 1.82) is 0 Å². The third-order valence-corrected chi connectivity index (χ3v) is 3.40. The van der Waals surface area contributed by atoms with Crippen LogP contribution in [-0.2, 0) is 5.54 Å². The van der Waals surface area contributed by atoms with Gasteiger partial charge in [-0.3, -0.25) is 0 Å². The van der Waals surface area contributed by atoms with E-state index in [1.54, 1.807) is 0 Å². The second-order valence-corrected chi connectivity index (χ2v) is 6.17. The molecule has 0 radical (unpaired) electrons. The Labute approximate surface area is 123 Å². The summed E-state index contributed by atoms with van der Waals surface area (Å²) in [6, 6.07) is 13.9. The molecule has 0 saturated carbocycles. The average molecular weight is 286 g/mol. The summed E-state index contributed by atoms with van der Waals surface area (Å²) in [7, 11) is 0. The molecule has 3 aromatic rings. The number of nitrogens with zero attached hydrogens (tertiary/aromatic N) is 3. The molecule has 0 atom stereocenters. The first kappa shape index (κ1) is 13.1. The molecule has 0 aliphatic rings. The van der Waals surface area contributed by atoms with Gasteiger partial charge in [0.25, 0.3) is 0 Å². The molecule has 0 fully saturated rings. The molecule has 0 spiro atoms. The summed E-state index contributed by atoms with van der Waals surface area (Å²) in [5.41, 5.74) is 2.68. The second-order valence-electron chi connectivity index (χ2n) is 5.78. The molecule has 20 heavy (non-hydrogen) atoms. The molecule has 0 saturated heterocycles. The van der Waals surface area contributed by atoms with Crippen molar-refractivity contribution in [3.05, 3.63) is 47.6 Å². The van der Waals surface area contributed by atoms with Crippen LogP contribution in [0.15, 0.2) is 42.5 Å². The number of fused-ring (bicyclic) bond motifs is 1. The number of imidazole rings is 1. The molecule has 0 unspecified atom stereocenters. The summed E-state index contributed by atoms with van der Waals surface area (Å²) in [5, 5.41) is 0.468. The number of rotatable bonds is 1. The molecule has 0 amide bonds. The van der Waals surface area contributed by atoms with Gasteiger partial charge in [0.05, 0.1) is 5.52 Å². The average Bonchev–Trinajstić information content (AvgIpc) is 2.78. The van der Waals surface area contributed by atoms with Crippen LogP contribution < -0.4 is 0 Å². The van der Waals surface area contributed by atoms with Gasteiger partial charge in [-0.05, 0) is 32.9 Å². The lowest BCUT2D eigenvalue weighted by Gasteiger charge is -2.24. The van der Waals surface area contributed by atoms with E-state index in [1.807, 2.05) is 30.3 Å². The fourth-order valence-electron chi connectivity index (χ4n) is 2.40. The van der Waals surface area contributed by atoms with E-state index in [9.17, 15) is 0 Å². The predicted molar refractivity (Wildman–Crippen MR) is 83.0 cm³/mol. The minimum atomic E-state index is -0.0879. The Morgan fingerprint density at radius 3 is 2.30 bits per heavy atom. The third kappa shape index (κ3) is 2.18. The molecule has 0 aliphatic heterocycles. The number of halogens is 1. The van der Waals surface area contributed by atoms with Gasteiger partial charge in [-0.25, -0.2) is 9.97 Å². The monoisotopic (exact) mass is 285 g/mol. The second kappa shape index (κ2) is 4.60. The lowest BCUT2D eigenvalue weighted by atomic mass is 10.1. The van der Waals surface area contributed by atoms with E-state index in [0.717, 1.165) is 16.9 Å². The SMILES string of the molecule is CC(C)(C)n1c(-c2ccccc2)nc2nc(Cl)ccc21. The first-order valence-electron chi connectivity index (χ1n) is 6.58. The van der Waals surface area contributed by atoms with Gasteiger partial charge in [-0.2, -0.15) is 0 Å². The summed E-state index contributed by atoms with van der Waals surface area (Å²) in [6.45, 7) is 6.49. The Hall–Kier alpha value is -1.87. The summed E-state index contributed by atoms with van der Waals surface area (Å²) in [6.07, 6.45) is 0. The normalized spacial score (nSPS) is 12.0. The Bertz CT molecular complexity index is 754. The van der Waals surface area contributed by atoms with Crippen LogP contribution in [0.5, 0.6) is 0 Å². The molecule has 1 aromatic carbocycles. The number of benzene rings is 1. The van der Waals surface area contributed by atoms with Crippen LogP contribution in [0.25, 0.3) is 22.6 Å². The molecular weight excluding hydrogens is 270 g/mol. The Morgan fingerprint density at radius 2 is 1.65 bits per heavy atom. The van der Waals surface area contributed by atoms with Crippen molar-refractivity contribution >= 4 is 22.8 Å². The predicted octanol–water partition coefficient (Wildman–Crippen LogP) is 4.51. The Morgan fingerprint density at radius 1 is 0.950 bits per heavy atom. The van der Waals surface area contributed by atoms with Gasteiger partial charge >= 0.3 is 0 Å². The van der Waals surface area contributed by atoms with Crippen LogP contribution in [0.2, 0.25) is 5.15 Å². The summed E-state index contributed by atoms with van der Waals surface area (Å²) < 4.78 is 2.21. The van der Waals surface area contributed by atoms with Crippen molar-refractivity contribution in [3.63, 3.8) is 0 Å². The fraction of sp³-hybridized carbons (Fsp3) is 0.250. The number of aromatic nitrogens is 3. The van der Waals surface area contributed by atoms with Crippen molar-refractivity contribution in [2.24, 2.45) is 0 Å². The first-order chi connectivity index (χ1) is 9.47. The highest BCUT2D eigenvalue weighted by molar-refractivity contribution is 6.29. The van der Waals surface area contributed by atoms with Crippen LogP contribution in [0.3, 0.4) is 0 Å². The van der Waals surface area contributed by atoms with Gasteiger partial charge in [0, 0.05) is 11.1 Å². The zero-order chi connectivity index (χ0) is 14.3. The molecule has 2 aromatic heterocycles. The van der Waals surface area contributed by atoms with Gasteiger partial charge in [0.2, 0.25) is 0 Å². The summed E-state index contributed by atoms with van der Waals surface area (Å²) in [5.74, 6) is 0.919. The largest absolute Gasteiger partial charge is 0.317 e. The smallest absolute Gasteiger partial charge is 0.179 e. The van der Waals surface area contributed by atoms with Crippen molar-refractivity contribution in [3.8, 4) is 11.4 Å². The van der Waals surface area contributed by atoms with Gasteiger partial charge < -0.3 is 4.57 Å². The molecule has 3 nitrogen and oxygen atoms in total. The molecule has 0 N–H and O–H groups in total. The highest BCUT2D eigenvalue weighted by atomic mass is 35.5. The molecule has 0 aliphatic carbocycles. The zero-order valence-electron chi connectivity index (χ0n) is 11.8. The minimum absolute atomic E-state index is 0.0879. The maximum atomic E-state index is 5.98. The van der Waals surface area contributed by atoms with Gasteiger partial charge in [0.1, 0.15) is 11.0 Å². The summed E-state index contributed by atoms with van der Waals surface area (Å²) >= 11 is 5.98. The Balaban J connectivity index is 2.36. The number of hydrogen-bond acceptors (Lipinski definition) is 2. The molecule has 102 valence electrons. The Kier molecular flexibility index (Phi) is 3.02. The number of hydrogen-bond donors (Lipinski definition) is 0. The highest BCUT2D eigenvalue weighted by Gasteiger charge is 2.22. The van der Waals surface area contributed by atoms with Crippen LogP contribution >= 0.6 is 11.6 Å². The van der Waals surface area contributed by atoms with E-state index in [2.05, 4.69) is 47.4 Å². The molecule has 4 heteroatoms. The van der Waals surface area contributed by atoms with Crippen molar-refractivity contribution < 1.29 is 0 Å². The molecule has 3 rings (SSSR count). The maximum absolute atomic E-state index is 5.98. The topological polar surface area (TPSA) is 30.7 Å². The summed E-state index contributed by atoms with van der Waals surface area (Å²) in [4.78, 5) is 9.01. The van der Waals surface area contributed by atoms with E-state index in [0.29, 0.717) is 10.8 Å². The lowest BCUT2D eigenvalue weighted by Crippen LogP contribution is -2.22. The number of pyridine rings is 1. The van der Waals surface area contributed by atoms with Crippen molar-refractivity contribution in [2.75, 3.05) is 0 Å². The third-order valence-electron chi connectivity index (χ3n) is 3.19. The minimum Gasteiger partial charge on any atom is -0.317 e. The van der Waals surface area contributed by atoms with Crippen LogP contribution in [0, 0.1) is 0 Å². The van der Waals surface area contributed by atoms with E-state index in [4.69, 9.17) is 11.6 Å². The molecule has 0 bridgehead atoms.